The van der Waals surface area contributed by atoms with Crippen LogP contribution in [0.15, 0.2) is 60.8 Å². The Kier molecular flexibility index (Phi) is 8.38. The molecule has 1 aromatic heterocycles. The smallest absolute Gasteiger partial charge is 0.251 e. The molecular formula is C24H28ClN5O. The molecule has 0 aliphatic carbocycles. The van der Waals surface area contributed by atoms with Crippen LogP contribution in [0.2, 0.25) is 5.02 Å². The first kappa shape index (κ1) is 22.7. The Bertz CT molecular complexity index is 972. The molecule has 0 atom stereocenters. The lowest BCUT2D eigenvalue weighted by atomic mass is 10.1. The number of nitrogens with zero attached hydrogens (tertiary/aromatic N) is 3. The fourth-order valence-electron chi connectivity index (χ4n) is 3.18. The second-order valence-corrected chi connectivity index (χ2v) is 7.55. The first-order valence-corrected chi connectivity index (χ1v) is 10.9. The number of nitrogens with one attached hydrogen (secondary N) is 2. The summed E-state index contributed by atoms with van der Waals surface area (Å²) in [6, 6.07) is 16.7. The summed E-state index contributed by atoms with van der Waals surface area (Å²) < 4.78 is 0. The maximum Gasteiger partial charge on any atom is 0.251 e. The minimum Gasteiger partial charge on any atom is -0.352 e. The average Bonchev–Trinajstić information content (AvgIpc) is 2.80. The number of hydrogen-bond acceptors (Lipinski definition) is 5. The van der Waals surface area contributed by atoms with Gasteiger partial charge in [-0.15, -0.1) is 0 Å². The number of amides is 1. The van der Waals surface area contributed by atoms with E-state index in [0.717, 1.165) is 43.0 Å². The van der Waals surface area contributed by atoms with Crippen LogP contribution in [0.4, 0.5) is 11.6 Å². The predicted molar refractivity (Wildman–Crippen MR) is 127 cm³/mol. The molecule has 162 valence electrons. The van der Waals surface area contributed by atoms with E-state index in [-0.39, 0.29) is 5.91 Å². The number of hydrogen-bond donors (Lipinski definition) is 2. The molecule has 1 heterocycles. The maximum atomic E-state index is 12.3. The normalized spacial score (nSPS) is 10.8. The van der Waals surface area contributed by atoms with Crippen LogP contribution in [0.5, 0.6) is 0 Å². The summed E-state index contributed by atoms with van der Waals surface area (Å²) in [6.07, 6.45) is 2.65. The first-order chi connectivity index (χ1) is 15.1. The fourth-order valence-corrected chi connectivity index (χ4v) is 3.31. The Labute approximate surface area is 188 Å². The van der Waals surface area contributed by atoms with Gasteiger partial charge in [-0.25, -0.2) is 9.97 Å². The van der Waals surface area contributed by atoms with Gasteiger partial charge in [0.2, 0.25) is 5.95 Å². The minimum atomic E-state index is -0.0629. The van der Waals surface area contributed by atoms with E-state index in [0.29, 0.717) is 23.1 Å². The van der Waals surface area contributed by atoms with Gasteiger partial charge >= 0.3 is 0 Å². The average molecular weight is 438 g/mol. The summed E-state index contributed by atoms with van der Waals surface area (Å²) in [7, 11) is 0. The molecule has 0 aliphatic rings. The standard InChI is InChI=1S/C24H28ClN5O/c1-3-30(4-2)17-5-15-26-23(31)19-8-12-21(13-9-19)28-24-27-16-14-22(29-24)18-6-10-20(25)11-7-18/h6-14,16H,3-5,15,17H2,1-2H3,(H,26,31)(H,27,28,29). The highest BCUT2D eigenvalue weighted by atomic mass is 35.5. The molecule has 3 rings (SSSR count). The summed E-state index contributed by atoms with van der Waals surface area (Å²) >= 11 is 5.96. The van der Waals surface area contributed by atoms with Gasteiger partial charge in [-0.2, -0.15) is 0 Å². The largest absolute Gasteiger partial charge is 0.352 e. The zero-order valence-corrected chi connectivity index (χ0v) is 18.7. The van der Waals surface area contributed by atoms with Gasteiger partial charge in [-0.1, -0.05) is 37.6 Å². The third-order valence-electron chi connectivity index (χ3n) is 5.03. The number of carbonyl (C=O) groups is 1. The number of benzene rings is 2. The van der Waals surface area contributed by atoms with E-state index in [9.17, 15) is 4.79 Å². The van der Waals surface area contributed by atoms with E-state index in [1.54, 1.807) is 18.3 Å². The zero-order chi connectivity index (χ0) is 22.1. The summed E-state index contributed by atoms with van der Waals surface area (Å²) in [5.74, 6) is 0.424. The molecule has 0 saturated heterocycles. The maximum absolute atomic E-state index is 12.3. The van der Waals surface area contributed by atoms with Crippen molar-refractivity contribution in [3.05, 3.63) is 71.4 Å². The van der Waals surface area contributed by atoms with Crippen molar-refractivity contribution in [2.24, 2.45) is 0 Å². The molecule has 7 heteroatoms. The Hall–Kier alpha value is -2.96. The number of anilines is 2. The van der Waals surface area contributed by atoms with E-state index in [1.165, 1.54) is 0 Å². The molecule has 0 unspecified atom stereocenters. The van der Waals surface area contributed by atoms with Crippen LogP contribution in [0.3, 0.4) is 0 Å². The van der Waals surface area contributed by atoms with Gasteiger partial charge in [-0.3, -0.25) is 4.79 Å². The van der Waals surface area contributed by atoms with Crippen molar-refractivity contribution in [1.82, 2.24) is 20.2 Å². The molecular weight excluding hydrogens is 410 g/mol. The number of carbonyl (C=O) groups excluding carboxylic acids is 1. The highest BCUT2D eigenvalue weighted by Gasteiger charge is 2.07. The van der Waals surface area contributed by atoms with Crippen LogP contribution in [0, 0.1) is 0 Å². The molecule has 0 spiro atoms. The van der Waals surface area contributed by atoms with Crippen LogP contribution in [-0.2, 0) is 0 Å². The molecule has 0 bridgehead atoms. The molecule has 6 nitrogen and oxygen atoms in total. The van der Waals surface area contributed by atoms with Crippen molar-refractivity contribution in [3.63, 3.8) is 0 Å². The van der Waals surface area contributed by atoms with Crippen LogP contribution < -0.4 is 10.6 Å². The van der Waals surface area contributed by atoms with Crippen LogP contribution >= 0.6 is 11.6 Å². The van der Waals surface area contributed by atoms with Crippen LogP contribution in [0.25, 0.3) is 11.3 Å². The monoisotopic (exact) mass is 437 g/mol. The summed E-state index contributed by atoms with van der Waals surface area (Å²) in [6.45, 7) is 8.02. The Morgan fingerprint density at radius 2 is 1.71 bits per heavy atom. The molecule has 31 heavy (non-hydrogen) atoms. The minimum absolute atomic E-state index is 0.0629. The van der Waals surface area contributed by atoms with Gasteiger partial charge < -0.3 is 15.5 Å². The topological polar surface area (TPSA) is 70.2 Å². The van der Waals surface area contributed by atoms with E-state index >= 15 is 0 Å². The van der Waals surface area contributed by atoms with Crippen molar-refractivity contribution in [3.8, 4) is 11.3 Å². The number of rotatable bonds is 10. The Balaban J connectivity index is 1.55. The molecule has 1 amide bonds. The number of aromatic nitrogens is 2. The van der Waals surface area contributed by atoms with Gasteiger partial charge in [0.15, 0.2) is 0 Å². The van der Waals surface area contributed by atoms with E-state index in [2.05, 4.69) is 39.3 Å². The van der Waals surface area contributed by atoms with Crippen molar-refractivity contribution in [2.75, 3.05) is 31.5 Å². The van der Waals surface area contributed by atoms with Crippen molar-refractivity contribution in [1.29, 1.82) is 0 Å². The van der Waals surface area contributed by atoms with Gasteiger partial charge in [0.1, 0.15) is 0 Å². The number of halogens is 1. The van der Waals surface area contributed by atoms with Gasteiger partial charge in [0, 0.05) is 34.6 Å². The van der Waals surface area contributed by atoms with Gasteiger partial charge in [0.05, 0.1) is 5.69 Å². The second-order valence-electron chi connectivity index (χ2n) is 7.11. The van der Waals surface area contributed by atoms with Crippen molar-refractivity contribution < 1.29 is 4.79 Å². The Morgan fingerprint density at radius 3 is 2.39 bits per heavy atom. The lowest BCUT2D eigenvalue weighted by molar-refractivity contribution is 0.0952. The van der Waals surface area contributed by atoms with Gasteiger partial charge in [-0.05, 0) is 68.5 Å². The third kappa shape index (κ3) is 6.77. The third-order valence-corrected chi connectivity index (χ3v) is 5.28. The highest BCUT2D eigenvalue weighted by Crippen LogP contribution is 2.21. The lowest BCUT2D eigenvalue weighted by Crippen LogP contribution is -2.29. The molecule has 0 aliphatic heterocycles. The summed E-state index contributed by atoms with van der Waals surface area (Å²) in [5.41, 5.74) is 3.20. The fraction of sp³-hybridized carbons (Fsp3) is 0.292. The molecule has 2 N–H and O–H groups in total. The van der Waals surface area contributed by atoms with Crippen molar-refractivity contribution >= 4 is 29.1 Å². The summed E-state index contributed by atoms with van der Waals surface area (Å²) in [4.78, 5) is 23.5. The highest BCUT2D eigenvalue weighted by molar-refractivity contribution is 6.30. The van der Waals surface area contributed by atoms with Crippen molar-refractivity contribution in [2.45, 2.75) is 20.3 Å². The van der Waals surface area contributed by atoms with Gasteiger partial charge in [0.25, 0.3) is 5.91 Å². The predicted octanol–water partition coefficient (Wildman–Crippen LogP) is 5.00. The second kappa shape index (κ2) is 11.4. The summed E-state index contributed by atoms with van der Waals surface area (Å²) in [5, 5.41) is 6.85. The molecule has 3 aromatic rings. The van der Waals surface area contributed by atoms with E-state index in [1.807, 2.05) is 42.5 Å². The van der Waals surface area contributed by atoms with Crippen LogP contribution in [0.1, 0.15) is 30.6 Å². The first-order valence-electron chi connectivity index (χ1n) is 10.6. The zero-order valence-electron chi connectivity index (χ0n) is 17.9. The van der Waals surface area contributed by atoms with E-state index < -0.39 is 0 Å². The molecule has 2 aromatic carbocycles. The lowest BCUT2D eigenvalue weighted by Gasteiger charge is -2.17. The quantitative estimate of drug-likeness (QED) is 0.436. The van der Waals surface area contributed by atoms with E-state index in [4.69, 9.17) is 11.6 Å². The Morgan fingerprint density at radius 1 is 1.00 bits per heavy atom. The van der Waals surface area contributed by atoms with Crippen LogP contribution in [-0.4, -0.2) is 47.0 Å². The molecule has 0 radical (unpaired) electrons. The molecule has 0 saturated carbocycles. The molecule has 0 fully saturated rings. The SMILES string of the molecule is CCN(CC)CCCNC(=O)c1ccc(Nc2nccc(-c3ccc(Cl)cc3)n2)cc1.